The van der Waals surface area contributed by atoms with Crippen LogP contribution in [0.1, 0.15) is 24.0 Å². The minimum atomic E-state index is -3.28. The van der Waals surface area contributed by atoms with Crippen LogP contribution in [0.5, 0.6) is 0 Å². The molecule has 1 saturated heterocycles. The second-order valence-electron chi connectivity index (χ2n) is 4.94. The van der Waals surface area contributed by atoms with E-state index in [0.29, 0.717) is 0 Å². The van der Waals surface area contributed by atoms with Crippen LogP contribution in [0.15, 0.2) is 18.2 Å². The van der Waals surface area contributed by atoms with Crippen molar-refractivity contribution in [1.29, 1.82) is 0 Å². The van der Waals surface area contributed by atoms with Gasteiger partial charge in [0.25, 0.3) is 0 Å². The summed E-state index contributed by atoms with van der Waals surface area (Å²) >= 11 is 0. The average molecular weight is 268 g/mol. The van der Waals surface area contributed by atoms with E-state index >= 15 is 0 Å². The van der Waals surface area contributed by atoms with E-state index in [0.717, 1.165) is 36.2 Å². The Hall–Kier alpha value is -1.07. The number of aryl methyl sites for hydroxylation is 2. The fraction of sp³-hybridized carbons (Fsp3) is 0.538. The number of rotatable bonds is 4. The molecule has 0 spiro atoms. The monoisotopic (exact) mass is 268 g/mol. The van der Waals surface area contributed by atoms with Crippen molar-refractivity contribution < 1.29 is 8.42 Å². The van der Waals surface area contributed by atoms with Crippen LogP contribution in [0.25, 0.3) is 0 Å². The molecule has 0 amide bonds. The zero-order valence-electron chi connectivity index (χ0n) is 10.9. The van der Waals surface area contributed by atoms with Gasteiger partial charge < -0.3 is 5.32 Å². The molecular formula is C13H20N2O2S. The lowest BCUT2D eigenvalue weighted by atomic mass is 10.1. The molecule has 2 rings (SSSR count). The molecule has 1 aromatic carbocycles. The molecular weight excluding hydrogens is 248 g/mol. The van der Waals surface area contributed by atoms with Crippen molar-refractivity contribution in [2.24, 2.45) is 0 Å². The minimum Gasteiger partial charge on any atom is -0.313 e. The molecule has 0 bridgehead atoms. The molecule has 0 saturated carbocycles. The highest BCUT2D eigenvalue weighted by Gasteiger charge is 2.22. The Morgan fingerprint density at radius 1 is 1.33 bits per heavy atom. The van der Waals surface area contributed by atoms with Gasteiger partial charge in [0.05, 0.1) is 11.4 Å². The fourth-order valence-corrected chi connectivity index (χ4v) is 3.87. The van der Waals surface area contributed by atoms with Gasteiger partial charge in [-0.1, -0.05) is 18.2 Å². The van der Waals surface area contributed by atoms with Crippen LogP contribution in [-0.4, -0.2) is 26.8 Å². The molecule has 2 N–H and O–H groups in total. The Balaban J connectivity index is 2.12. The standard InChI is InChI=1S/C13H20N2O2S/c1-10-5-3-6-11(2)13(10)15-18(16,17)9-12-7-4-8-14-12/h3,5-6,12,14-15H,4,7-9H2,1-2H3. The largest absolute Gasteiger partial charge is 0.313 e. The summed E-state index contributed by atoms with van der Waals surface area (Å²) in [6.07, 6.45) is 2.00. The predicted molar refractivity (Wildman–Crippen MR) is 74.4 cm³/mol. The number of benzene rings is 1. The first-order valence-electron chi connectivity index (χ1n) is 6.28. The molecule has 18 heavy (non-hydrogen) atoms. The summed E-state index contributed by atoms with van der Waals surface area (Å²) < 4.78 is 26.9. The smallest absolute Gasteiger partial charge is 0.234 e. The van der Waals surface area contributed by atoms with Gasteiger partial charge in [0.2, 0.25) is 10.0 Å². The zero-order valence-corrected chi connectivity index (χ0v) is 11.7. The topological polar surface area (TPSA) is 58.2 Å². The maximum absolute atomic E-state index is 12.1. The third kappa shape index (κ3) is 3.23. The summed E-state index contributed by atoms with van der Waals surface area (Å²) in [6.45, 7) is 4.75. The Morgan fingerprint density at radius 2 is 2.00 bits per heavy atom. The third-order valence-electron chi connectivity index (χ3n) is 3.32. The highest BCUT2D eigenvalue weighted by Crippen LogP contribution is 2.21. The molecule has 100 valence electrons. The van der Waals surface area contributed by atoms with Crippen molar-refractivity contribution in [2.75, 3.05) is 17.0 Å². The molecule has 1 aliphatic rings. The molecule has 1 aliphatic heterocycles. The summed E-state index contributed by atoms with van der Waals surface area (Å²) in [5.41, 5.74) is 2.63. The third-order valence-corrected chi connectivity index (χ3v) is 4.68. The van der Waals surface area contributed by atoms with Crippen molar-refractivity contribution in [3.8, 4) is 0 Å². The predicted octanol–water partition coefficient (Wildman–Crippen LogP) is 1.80. The van der Waals surface area contributed by atoms with E-state index in [-0.39, 0.29) is 11.8 Å². The molecule has 4 nitrogen and oxygen atoms in total. The first-order valence-corrected chi connectivity index (χ1v) is 7.93. The van der Waals surface area contributed by atoms with Gasteiger partial charge in [-0.25, -0.2) is 8.42 Å². The first-order chi connectivity index (χ1) is 8.48. The van der Waals surface area contributed by atoms with E-state index in [2.05, 4.69) is 10.0 Å². The highest BCUT2D eigenvalue weighted by atomic mass is 32.2. The molecule has 0 radical (unpaired) electrons. The maximum atomic E-state index is 12.1. The van der Waals surface area contributed by atoms with Gasteiger partial charge in [0, 0.05) is 6.04 Å². The lowest BCUT2D eigenvalue weighted by Crippen LogP contribution is -2.33. The lowest BCUT2D eigenvalue weighted by molar-refractivity contribution is 0.581. The van der Waals surface area contributed by atoms with Gasteiger partial charge in [-0.3, -0.25) is 4.72 Å². The van der Waals surface area contributed by atoms with Gasteiger partial charge in [0.15, 0.2) is 0 Å². The Bertz CT molecular complexity index is 500. The van der Waals surface area contributed by atoms with Gasteiger partial charge in [-0.05, 0) is 44.4 Å². The van der Waals surface area contributed by atoms with Crippen LogP contribution in [-0.2, 0) is 10.0 Å². The second kappa shape index (κ2) is 5.28. The average Bonchev–Trinajstić information content (AvgIpc) is 2.75. The summed E-state index contributed by atoms with van der Waals surface area (Å²) in [4.78, 5) is 0. The van der Waals surface area contributed by atoms with Crippen molar-refractivity contribution >= 4 is 15.7 Å². The number of anilines is 1. The summed E-state index contributed by atoms with van der Waals surface area (Å²) in [6, 6.07) is 5.85. The number of hydrogen-bond donors (Lipinski definition) is 2. The quantitative estimate of drug-likeness (QED) is 0.875. The normalized spacial score (nSPS) is 20.0. The van der Waals surface area contributed by atoms with Gasteiger partial charge in [0.1, 0.15) is 0 Å². The summed E-state index contributed by atoms with van der Waals surface area (Å²) in [5.74, 6) is 0.154. The van der Waals surface area contributed by atoms with E-state index in [1.807, 2.05) is 32.0 Å². The number of sulfonamides is 1. The van der Waals surface area contributed by atoms with Crippen LogP contribution in [0.2, 0.25) is 0 Å². The van der Waals surface area contributed by atoms with Crippen LogP contribution in [0.4, 0.5) is 5.69 Å². The Labute approximate surface area is 109 Å². The summed E-state index contributed by atoms with van der Waals surface area (Å²) in [5, 5.41) is 3.21. The minimum absolute atomic E-state index is 0.0897. The van der Waals surface area contributed by atoms with Crippen LogP contribution in [0, 0.1) is 13.8 Å². The zero-order chi connectivity index (χ0) is 13.2. The molecule has 0 aliphatic carbocycles. The molecule has 5 heteroatoms. The lowest BCUT2D eigenvalue weighted by Gasteiger charge is -2.15. The van der Waals surface area contributed by atoms with Crippen molar-refractivity contribution in [3.63, 3.8) is 0 Å². The first kappa shape index (κ1) is 13.4. The van der Waals surface area contributed by atoms with Crippen LogP contribution < -0.4 is 10.0 Å². The van der Waals surface area contributed by atoms with Crippen molar-refractivity contribution in [2.45, 2.75) is 32.7 Å². The highest BCUT2D eigenvalue weighted by molar-refractivity contribution is 7.92. The van der Waals surface area contributed by atoms with Gasteiger partial charge >= 0.3 is 0 Å². The fourth-order valence-electron chi connectivity index (χ4n) is 2.34. The number of hydrogen-bond acceptors (Lipinski definition) is 3. The van der Waals surface area contributed by atoms with E-state index in [1.54, 1.807) is 0 Å². The molecule has 1 aromatic rings. The molecule has 1 fully saturated rings. The number of nitrogens with one attached hydrogen (secondary N) is 2. The summed E-state index contributed by atoms with van der Waals surface area (Å²) in [7, 11) is -3.28. The van der Waals surface area contributed by atoms with Crippen molar-refractivity contribution in [3.05, 3.63) is 29.3 Å². The van der Waals surface area contributed by atoms with E-state index in [1.165, 1.54) is 0 Å². The molecule has 0 aromatic heterocycles. The maximum Gasteiger partial charge on any atom is 0.234 e. The van der Waals surface area contributed by atoms with E-state index < -0.39 is 10.0 Å². The van der Waals surface area contributed by atoms with Crippen LogP contribution >= 0.6 is 0 Å². The van der Waals surface area contributed by atoms with E-state index in [4.69, 9.17) is 0 Å². The van der Waals surface area contributed by atoms with Crippen LogP contribution in [0.3, 0.4) is 0 Å². The second-order valence-corrected chi connectivity index (χ2v) is 6.71. The molecule has 1 heterocycles. The van der Waals surface area contributed by atoms with Crippen molar-refractivity contribution in [1.82, 2.24) is 5.32 Å². The SMILES string of the molecule is Cc1cccc(C)c1NS(=O)(=O)CC1CCCN1. The molecule has 1 unspecified atom stereocenters. The Kier molecular flexibility index (Phi) is 3.92. The van der Waals surface area contributed by atoms with Gasteiger partial charge in [-0.2, -0.15) is 0 Å². The molecule has 1 atom stereocenters. The van der Waals surface area contributed by atoms with E-state index in [9.17, 15) is 8.42 Å². The Morgan fingerprint density at radius 3 is 2.56 bits per heavy atom. The van der Waals surface area contributed by atoms with Gasteiger partial charge in [-0.15, -0.1) is 0 Å². The number of para-hydroxylation sites is 1.